The zero-order valence-corrected chi connectivity index (χ0v) is 16.1. The number of ether oxygens (including phenoxy) is 3. The molecule has 1 aromatic carbocycles. The summed E-state index contributed by atoms with van der Waals surface area (Å²) in [5.41, 5.74) is 1.44. The SMILES string of the molecule is COc1ccc(CN[C@H]2CCCC[C@@H]2C(C)(C)C)c(OC)c1OC. The van der Waals surface area contributed by atoms with Crippen molar-refractivity contribution in [3.8, 4) is 17.2 Å². The van der Waals surface area contributed by atoms with Gasteiger partial charge in [0.2, 0.25) is 5.75 Å². The zero-order valence-electron chi connectivity index (χ0n) is 16.1. The van der Waals surface area contributed by atoms with Crippen molar-refractivity contribution in [2.75, 3.05) is 21.3 Å². The number of benzene rings is 1. The van der Waals surface area contributed by atoms with E-state index in [0.717, 1.165) is 17.9 Å². The first-order valence-electron chi connectivity index (χ1n) is 8.93. The molecule has 0 unspecified atom stereocenters. The summed E-state index contributed by atoms with van der Waals surface area (Å²) in [6.45, 7) is 7.85. The van der Waals surface area contributed by atoms with Gasteiger partial charge in [-0.25, -0.2) is 0 Å². The fourth-order valence-corrected chi connectivity index (χ4v) is 3.96. The highest BCUT2D eigenvalue weighted by Crippen LogP contribution is 2.41. The van der Waals surface area contributed by atoms with Gasteiger partial charge in [-0.3, -0.25) is 0 Å². The standard InChI is InChI=1S/C20H33NO3/c1-20(2,3)15-9-7-8-10-16(15)21-13-14-11-12-17(22-4)19(24-6)18(14)23-5/h11-12,15-16,21H,7-10,13H2,1-6H3/t15-,16-/m0/s1. The minimum atomic E-state index is 0.333. The van der Waals surface area contributed by atoms with Crippen LogP contribution in [0.25, 0.3) is 0 Å². The quantitative estimate of drug-likeness (QED) is 0.836. The molecule has 1 aromatic rings. The summed E-state index contributed by atoms with van der Waals surface area (Å²) >= 11 is 0. The van der Waals surface area contributed by atoms with E-state index in [0.29, 0.717) is 28.9 Å². The zero-order chi connectivity index (χ0) is 17.7. The number of hydrogen-bond acceptors (Lipinski definition) is 4. The molecule has 1 N–H and O–H groups in total. The molecule has 1 saturated carbocycles. The molecule has 0 bridgehead atoms. The Kier molecular flexibility index (Phi) is 6.39. The Labute approximate surface area is 146 Å². The van der Waals surface area contributed by atoms with E-state index >= 15 is 0 Å². The smallest absolute Gasteiger partial charge is 0.203 e. The van der Waals surface area contributed by atoms with Gasteiger partial charge in [0.1, 0.15) is 0 Å². The van der Waals surface area contributed by atoms with Crippen LogP contribution in [0.2, 0.25) is 0 Å². The lowest BCUT2D eigenvalue weighted by atomic mass is 9.69. The minimum absolute atomic E-state index is 0.333. The molecule has 0 amide bonds. The molecule has 0 spiro atoms. The third kappa shape index (κ3) is 4.15. The van der Waals surface area contributed by atoms with Gasteiger partial charge < -0.3 is 19.5 Å². The second kappa shape index (κ2) is 8.11. The summed E-state index contributed by atoms with van der Waals surface area (Å²) in [6, 6.07) is 4.55. The lowest BCUT2D eigenvalue weighted by Crippen LogP contribution is -2.43. The van der Waals surface area contributed by atoms with Gasteiger partial charge in [0, 0.05) is 18.2 Å². The molecule has 0 heterocycles. The summed E-state index contributed by atoms with van der Waals surface area (Å²) in [5, 5.41) is 3.78. The highest BCUT2D eigenvalue weighted by Gasteiger charge is 2.33. The second-order valence-corrected chi connectivity index (χ2v) is 7.74. The number of rotatable bonds is 6. The topological polar surface area (TPSA) is 39.7 Å². The average molecular weight is 335 g/mol. The first-order valence-corrected chi connectivity index (χ1v) is 8.93. The molecular formula is C20H33NO3. The maximum atomic E-state index is 5.60. The van der Waals surface area contributed by atoms with Crippen LogP contribution in [0.4, 0.5) is 0 Å². The van der Waals surface area contributed by atoms with Gasteiger partial charge in [-0.05, 0) is 30.2 Å². The average Bonchev–Trinajstić information content (AvgIpc) is 2.58. The molecule has 24 heavy (non-hydrogen) atoms. The molecule has 0 radical (unpaired) electrons. The van der Waals surface area contributed by atoms with Crippen molar-refractivity contribution in [2.24, 2.45) is 11.3 Å². The molecule has 4 nitrogen and oxygen atoms in total. The summed E-state index contributed by atoms with van der Waals surface area (Å²) in [4.78, 5) is 0. The van der Waals surface area contributed by atoms with Crippen molar-refractivity contribution in [1.29, 1.82) is 0 Å². The van der Waals surface area contributed by atoms with E-state index in [2.05, 4.69) is 32.2 Å². The first kappa shape index (κ1) is 18.9. The van der Waals surface area contributed by atoms with Crippen molar-refractivity contribution in [2.45, 2.75) is 59.0 Å². The molecule has 2 rings (SSSR count). The van der Waals surface area contributed by atoms with Crippen molar-refractivity contribution in [1.82, 2.24) is 5.32 Å². The fourth-order valence-electron chi connectivity index (χ4n) is 3.96. The highest BCUT2D eigenvalue weighted by molar-refractivity contribution is 5.55. The van der Waals surface area contributed by atoms with Gasteiger partial charge in [0.25, 0.3) is 0 Å². The predicted octanol–water partition coefficient (Wildman–Crippen LogP) is 4.41. The number of hydrogen-bond donors (Lipinski definition) is 1. The highest BCUT2D eigenvalue weighted by atomic mass is 16.5. The largest absolute Gasteiger partial charge is 0.493 e. The van der Waals surface area contributed by atoms with E-state index in [-0.39, 0.29) is 0 Å². The fraction of sp³-hybridized carbons (Fsp3) is 0.700. The summed E-state index contributed by atoms with van der Waals surface area (Å²) in [5.74, 6) is 2.82. The summed E-state index contributed by atoms with van der Waals surface area (Å²) in [6.07, 6.45) is 5.22. The van der Waals surface area contributed by atoms with Crippen LogP contribution < -0.4 is 19.5 Å². The van der Waals surface area contributed by atoms with E-state index < -0.39 is 0 Å². The third-order valence-electron chi connectivity index (χ3n) is 5.22. The molecule has 1 aliphatic carbocycles. The van der Waals surface area contributed by atoms with Crippen LogP contribution in [0.15, 0.2) is 12.1 Å². The molecule has 1 fully saturated rings. The number of nitrogens with one attached hydrogen (secondary N) is 1. The molecule has 2 atom stereocenters. The third-order valence-corrected chi connectivity index (χ3v) is 5.22. The van der Waals surface area contributed by atoms with Crippen molar-refractivity contribution in [3.63, 3.8) is 0 Å². The van der Waals surface area contributed by atoms with Crippen LogP contribution in [0.1, 0.15) is 52.0 Å². The van der Waals surface area contributed by atoms with Crippen LogP contribution >= 0.6 is 0 Å². The Morgan fingerprint density at radius 2 is 1.62 bits per heavy atom. The van der Waals surface area contributed by atoms with Crippen LogP contribution in [0.3, 0.4) is 0 Å². The number of methoxy groups -OCH3 is 3. The van der Waals surface area contributed by atoms with E-state index in [1.807, 2.05) is 6.07 Å². The second-order valence-electron chi connectivity index (χ2n) is 7.74. The van der Waals surface area contributed by atoms with Crippen molar-refractivity contribution in [3.05, 3.63) is 17.7 Å². The molecule has 1 aliphatic rings. The van der Waals surface area contributed by atoms with Crippen LogP contribution in [0.5, 0.6) is 17.2 Å². The van der Waals surface area contributed by atoms with Gasteiger partial charge in [-0.2, -0.15) is 0 Å². The Balaban J connectivity index is 2.16. The normalized spacial score (nSPS) is 21.4. The van der Waals surface area contributed by atoms with Crippen molar-refractivity contribution < 1.29 is 14.2 Å². The van der Waals surface area contributed by atoms with Crippen LogP contribution in [-0.4, -0.2) is 27.4 Å². The van der Waals surface area contributed by atoms with E-state index in [9.17, 15) is 0 Å². The van der Waals surface area contributed by atoms with Crippen LogP contribution in [0, 0.1) is 11.3 Å². The Bertz CT molecular complexity index is 536. The van der Waals surface area contributed by atoms with Gasteiger partial charge in [-0.15, -0.1) is 0 Å². The van der Waals surface area contributed by atoms with Crippen LogP contribution in [-0.2, 0) is 6.54 Å². The van der Waals surface area contributed by atoms with Gasteiger partial charge in [0.05, 0.1) is 21.3 Å². The molecule has 0 saturated heterocycles. The summed E-state index contributed by atoms with van der Waals surface area (Å²) < 4.78 is 16.5. The Morgan fingerprint density at radius 1 is 0.958 bits per heavy atom. The predicted molar refractivity (Wildman–Crippen MR) is 98.1 cm³/mol. The first-order chi connectivity index (χ1) is 11.4. The lowest BCUT2D eigenvalue weighted by molar-refractivity contribution is 0.130. The van der Waals surface area contributed by atoms with E-state index in [4.69, 9.17) is 14.2 Å². The molecule has 136 valence electrons. The van der Waals surface area contributed by atoms with E-state index in [1.54, 1.807) is 21.3 Å². The molecule has 0 aliphatic heterocycles. The monoisotopic (exact) mass is 335 g/mol. The van der Waals surface area contributed by atoms with Gasteiger partial charge in [0.15, 0.2) is 11.5 Å². The molecule has 4 heteroatoms. The minimum Gasteiger partial charge on any atom is -0.493 e. The maximum Gasteiger partial charge on any atom is 0.203 e. The lowest BCUT2D eigenvalue weighted by Gasteiger charge is -2.41. The van der Waals surface area contributed by atoms with Crippen molar-refractivity contribution >= 4 is 0 Å². The van der Waals surface area contributed by atoms with Gasteiger partial charge >= 0.3 is 0 Å². The Hall–Kier alpha value is -1.42. The molecule has 0 aromatic heterocycles. The summed E-state index contributed by atoms with van der Waals surface area (Å²) in [7, 11) is 4.97. The van der Waals surface area contributed by atoms with Gasteiger partial charge in [-0.1, -0.05) is 39.7 Å². The molecular weight excluding hydrogens is 302 g/mol. The Morgan fingerprint density at radius 3 is 2.21 bits per heavy atom. The van der Waals surface area contributed by atoms with E-state index in [1.165, 1.54) is 25.7 Å². The maximum absolute atomic E-state index is 5.60.